The molecule has 1 aliphatic rings. The minimum absolute atomic E-state index is 0.152. The average Bonchev–Trinajstić information content (AvgIpc) is 2.29. The van der Waals surface area contributed by atoms with Crippen molar-refractivity contribution in [2.45, 2.75) is 32.4 Å². The van der Waals surface area contributed by atoms with E-state index in [4.69, 9.17) is 0 Å². The molecule has 0 saturated carbocycles. The Bertz CT molecular complexity index is 387. The van der Waals surface area contributed by atoms with Crippen molar-refractivity contribution in [1.82, 2.24) is 15.3 Å². The van der Waals surface area contributed by atoms with Gasteiger partial charge >= 0.3 is 0 Å². The molecular weight excluding hydrogens is 192 g/mol. The molecule has 0 unspecified atom stereocenters. The molecule has 5 nitrogen and oxygen atoms in total. The molecule has 0 bridgehead atoms. The smallest absolute Gasteiger partial charge is 0.275 e. The molecule has 2 rings (SSSR count). The highest BCUT2D eigenvalue weighted by atomic mass is 16.2. The predicted molar refractivity (Wildman–Crippen MR) is 56.4 cm³/mol. The number of nitrogens with zero attached hydrogens (tertiary/aromatic N) is 2. The molecular formula is C10H14N4O. The van der Waals surface area contributed by atoms with Crippen molar-refractivity contribution in [3.63, 3.8) is 0 Å². The molecule has 80 valence electrons. The summed E-state index contributed by atoms with van der Waals surface area (Å²) in [5, 5.41) is 6.17. The molecule has 1 aromatic rings. The standard InChI is InChI=1S/C10H14N4O/c1-3-10(4-2)13-8-7(9(15)14-10)11-5-6-12-8/h5-6H,3-4H2,1-2H3,(H,12,13)(H,14,15). The summed E-state index contributed by atoms with van der Waals surface area (Å²) < 4.78 is 0. The Balaban J connectivity index is 2.41. The van der Waals surface area contributed by atoms with E-state index < -0.39 is 0 Å². The number of carbonyl (C=O) groups is 1. The Morgan fingerprint density at radius 2 is 1.87 bits per heavy atom. The van der Waals surface area contributed by atoms with Crippen LogP contribution < -0.4 is 10.6 Å². The normalized spacial score (nSPS) is 17.6. The van der Waals surface area contributed by atoms with Crippen molar-refractivity contribution >= 4 is 11.7 Å². The van der Waals surface area contributed by atoms with Crippen LogP contribution in [0.1, 0.15) is 37.2 Å². The third-order valence-corrected chi connectivity index (χ3v) is 2.83. The van der Waals surface area contributed by atoms with Crippen molar-refractivity contribution in [2.24, 2.45) is 0 Å². The van der Waals surface area contributed by atoms with Gasteiger partial charge in [-0.15, -0.1) is 0 Å². The van der Waals surface area contributed by atoms with Crippen LogP contribution in [0.15, 0.2) is 12.4 Å². The number of nitrogens with one attached hydrogen (secondary N) is 2. The Hall–Kier alpha value is -1.65. The number of carbonyl (C=O) groups excluding carboxylic acids is 1. The fourth-order valence-electron chi connectivity index (χ4n) is 1.73. The van der Waals surface area contributed by atoms with Crippen LogP contribution in [-0.2, 0) is 0 Å². The third kappa shape index (κ3) is 1.54. The van der Waals surface area contributed by atoms with Gasteiger partial charge in [-0.3, -0.25) is 4.79 Å². The molecule has 2 heterocycles. The molecule has 0 radical (unpaired) electrons. The van der Waals surface area contributed by atoms with Crippen LogP contribution in [0.4, 0.5) is 5.82 Å². The molecule has 0 fully saturated rings. The maximum absolute atomic E-state index is 11.8. The van der Waals surface area contributed by atoms with Crippen molar-refractivity contribution < 1.29 is 4.79 Å². The van der Waals surface area contributed by atoms with Crippen molar-refractivity contribution in [2.75, 3.05) is 5.32 Å². The number of fused-ring (bicyclic) bond motifs is 1. The minimum atomic E-state index is -0.375. The highest BCUT2D eigenvalue weighted by Crippen LogP contribution is 2.24. The van der Waals surface area contributed by atoms with Gasteiger partial charge in [-0.1, -0.05) is 13.8 Å². The minimum Gasteiger partial charge on any atom is -0.346 e. The second kappa shape index (κ2) is 3.49. The zero-order valence-corrected chi connectivity index (χ0v) is 8.87. The zero-order chi connectivity index (χ0) is 10.9. The Labute approximate surface area is 88.3 Å². The summed E-state index contributed by atoms with van der Waals surface area (Å²) in [5.41, 5.74) is -0.00449. The topological polar surface area (TPSA) is 66.9 Å². The van der Waals surface area contributed by atoms with Crippen LogP contribution in [0.25, 0.3) is 0 Å². The van der Waals surface area contributed by atoms with Gasteiger partial charge in [0.2, 0.25) is 0 Å². The molecule has 1 aliphatic heterocycles. The first-order chi connectivity index (χ1) is 7.21. The fourth-order valence-corrected chi connectivity index (χ4v) is 1.73. The lowest BCUT2D eigenvalue weighted by Gasteiger charge is -2.37. The second-order valence-electron chi connectivity index (χ2n) is 3.62. The van der Waals surface area contributed by atoms with E-state index in [-0.39, 0.29) is 11.6 Å². The summed E-state index contributed by atoms with van der Waals surface area (Å²) in [6.45, 7) is 4.05. The quantitative estimate of drug-likeness (QED) is 0.761. The Kier molecular flexibility index (Phi) is 2.30. The lowest BCUT2D eigenvalue weighted by molar-refractivity contribution is 0.0888. The number of amides is 1. The second-order valence-corrected chi connectivity index (χ2v) is 3.62. The molecule has 2 N–H and O–H groups in total. The summed E-state index contributed by atoms with van der Waals surface area (Å²) in [5.74, 6) is 0.422. The van der Waals surface area contributed by atoms with Crippen LogP contribution in [-0.4, -0.2) is 21.5 Å². The molecule has 5 heteroatoms. The first-order valence-corrected chi connectivity index (χ1v) is 5.12. The molecule has 0 atom stereocenters. The zero-order valence-electron chi connectivity index (χ0n) is 8.87. The first kappa shape index (κ1) is 9.89. The molecule has 1 amide bonds. The van der Waals surface area contributed by atoms with Crippen molar-refractivity contribution in [3.8, 4) is 0 Å². The van der Waals surface area contributed by atoms with Crippen LogP contribution in [0.5, 0.6) is 0 Å². The summed E-state index contributed by atoms with van der Waals surface area (Å²) in [6.07, 6.45) is 4.72. The molecule has 1 aromatic heterocycles. The van der Waals surface area contributed by atoms with E-state index in [1.807, 2.05) is 13.8 Å². The summed E-state index contributed by atoms with van der Waals surface area (Å²) in [4.78, 5) is 19.9. The van der Waals surface area contributed by atoms with Crippen LogP contribution in [0, 0.1) is 0 Å². The van der Waals surface area contributed by atoms with Crippen LogP contribution in [0.3, 0.4) is 0 Å². The maximum Gasteiger partial charge on any atom is 0.275 e. The van der Waals surface area contributed by atoms with Crippen molar-refractivity contribution in [1.29, 1.82) is 0 Å². The van der Waals surface area contributed by atoms with E-state index in [2.05, 4.69) is 20.6 Å². The number of hydrogen-bond donors (Lipinski definition) is 2. The lowest BCUT2D eigenvalue weighted by Crippen LogP contribution is -2.57. The maximum atomic E-state index is 11.8. The van der Waals surface area contributed by atoms with E-state index in [0.717, 1.165) is 12.8 Å². The van der Waals surface area contributed by atoms with Crippen LogP contribution >= 0.6 is 0 Å². The van der Waals surface area contributed by atoms with E-state index in [1.165, 1.54) is 6.20 Å². The molecule has 0 spiro atoms. The fraction of sp³-hybridized carbons (Fsp3) is 0.500. The molecule has 15 heavy (non-hydrogen) atoms. The van der Waals surface area contributed by atoms with Gasteiger partial charge in [-0.25, -0.2) is 9.97 Å². The largest absolute Gasteiger partial charge is 0.346 e. The predicted octanol–water partition coefficient (Wildman–Crippen LogP) is 1.15. The third-order valence-electron chi connectivity index (χ3n) is 2.83. The highest BCUT2D eigenvalue weighted by Gasteiger charge is 2.35. The van der Waals surface area contributed by atoms with E-state index >= 15 is 0 Å². The SMILES string of the molecule is CCC1(CC)NC(=O)c2nccnc2N1. The van der Waals surface area contributed by atoms with E-state index in [0.29, 0.717) is 11.5 Å². The monoisotopic (exact) mass is 206 g/mol. The van der Waals surface area contributed by atoms with E-state index in [9.17, 15) is 4.79 Å². The summed E-state index contributed by atoms with van der Waals surface area (Å²) in [7, 11) is 0. The van der Waals surface area contributed by atoms with Gasteiger partial charge < -0.3 is 10.6 Å². The van der Waals surface area contributed by atoms with Gasteiger partial charge in [0.15, 0.2) is 11.5 Å². The molecule has 0 saturated heterocycles. The van der Waals surface area contributed by atoms with Gasteiger partial charge in [0.1, 0.15) is 5.66 Å². The number of aromatic nitrogens is 2. The Morgan fingerprint density at radius 3 is 2.53 bits per heavy atom. The van der Waals surface area contributed by atoms with Gasteiger partial charge in [-0.05, 0) is 12.8 Å². The van der Waals surface area contributed by atoms with Crippen molar-refractivity contribution in [3.05, 3.63) is 18.1 Å². The average molecular weight is 206 g/mol. The van der Waals surface area contributed by atoms with Crippen LogP contribution in [0.2, 0.25) is 0 Å². The summed E-state index contributed by atoms with van der Waals surface area (Å²) >= 11 is 0. The number of anilines is 1. The molecule has 0 aliphatic carbocycles. The summed E-state index contributed by atoms with van der Waals surface area (Å²) in [6, 6.07) is 0. The van der Waals surface area contributed by atoms with E-state index in [1.54, 1.807) is 6.20 Å². The lowest BCUT2D eigenvalue weighted by atomic mass is 10.0. The number of hydrogen-bond acceptors (Lipinski definition) is 4. The molecule has 0 aromatic carbocycles. The number of rotatable bonds is 2. The highest BCUT2D eigenvalue weighted by molar-refractivity contribution is 5.99. The first-order valence-electron chi connectivity index (χ1n) is 5.12. The Morgan fingerprint density at radius 1 is 1.20 bits per heavy atom. The van der Waals surface area contributed by atoms with Gasteiger partial charge in [0, 0.05) is 12.4 Å². The van der Waals surface area contributed by atoms with Gasteiger partial charge in [0.25, 0.3) is 5.91 Å². The van der Waals surface area contributed by atoms with Gasteiger partial charge in [-0.2, -0.15) is 0 Å². The van der Waals surface area contributed by atoms with Gasteiger partial charge in [0.05, 0.1) is 0 Å².